The highest BCUT2D eigenvalue weighted by atomic mass is 19.4. The van der Waals surface area contributed by atoms with Gasteiger partial charge in [-0.2, -0.15) is 18.2 Å². The summed E-state index contributed by atoms with van der Waals surface area (Å²) in [5.74, 6) is 0.439. The zero-order chi connectivity index (χ0) is 26.2. The molecular formula is C26H23F4N5O2. The number of carbonyl (C=O) groups is 1. The normalized spacial score (nSPS) is 14.4. The summed E-state index contributed by atoms with van der Waals surface area (Å²) in [5, 5.41) is 4.50. The molecule has 0 N–H and O–H groups in total. The van der Waals surface area contributed by atoms with Crippen molar-refractivity contribution in [3.8, 4) is 11.3 Å². The van der Waals surface area contributed by atoms with Gasteiger partial charge in [0.15, 0.2) is 0 Å². The second-order valence-corrected chi connectivity index (χ2v) is 8.79. The zero-order valence-electron chi connectivity index (χ0n) is 19.9. The minimum Gasteiger partial charge on any atom is -0.352 e. The summed E-state index contributed by atoms with van der Waals surface area (Å²) in [6.45, 7) is 3.61. The van der Waals surface area contributed by atoms with Crippen molar-refractivity contribution in [2.24, 2.45) is 0 Å². The molecule has 0 saturated carbocycles. The lowest BCUT2D eigenvalue weighted by Crippen LogP contribution is -2.49. The number of amides is 1. The van der Waals surface area contributed by atoms with E-state index in [1.807, 2.05) is 11.8 Å². The SMILES string of the molecule is CCCc1nc(N2CCN(C(=O)c3ccc(F)cc3)CC2)c2c(-c3cccc(C(F)(F)F)c3)noc2n1. The summed E-state index contributed by atoms with van der Waals surface area (Å²) in [7, 11) is 0. The first-order valence-corrected chi connectivity index (χ1v) is 11.9. The van der Waals surface area contributed by atoms with Gasteiger partial charge < -0.3 is 14.3 Å². The minimum atomic E-state index is -4.50. The molecule has 1 aliphatic rings. The Morgan fingerprint density at radius 2 is 1.76 bits per heavy atom. The number of piperazine rings is 1. The van der Waals surface area contributed by atoms with Crippen molar-refractivity contribution >= 4 is 22.8 Å². The van der Waals surface area contributed by atoms with Crippen LogP contribution in [0.15, 0.2) is 53.1 Å². The van der Waals surface area contributed by atoms with E-state index in [2.05, 4.69) is 10.1 Å². The van der Waals surface area contributed by atoms with Crippen LogP contribution in [0.5, 0.6) is 0 Å². The number of nitrogens with zero attached hydrogens (tertiary/aromatic N) is 5. The van der Waals surface area contributed by atoms with Crippen molar-refractivity contribution in [2.75, 3.05) is 31.1 Å². The molecule has 1 saturated heterocycles. The number of fused-ring (bicyclic) bond motifs is 1. The first-order valence-electron chi connectivity index (χ1n) is 11.9. The van der Waals surface area contributed by atoms with E-state index >= 15 is 0 Å². The fraction of sp³-hybridized carbons (Fsp3) is 0.308. The van der Waals surface area contributed by atoms with Crippen LogP contribution >= 0.6 is 0 Å². The van der Waals surface area contributed by atoms with E-state index in [0.717, 1.165) is 18.6 Å². The Kier molecular flexibility index (Phi) is 6.53. The van der Waals surface area contributed by atoms with E-state index in [4.69, 9.17) is 9.51 Å². The standard InChI is InChI=1S/C26H23F4N5O2/c1-2-4-20-31-23(34-11-13-35(14-12-34)25(36)16-7-9-19(27)10-8-16)21-22(33-37-24(21)32-20)17-5-3-6-18(15-17)26(28,29)30/h3,5-10,15H,2,4,11-14H2,1H3. The van der Waals surface area contributed by atoms with Crippen molar-refractivity contribution in [1.82, 2.24) is 20.0 Å². The van der Waals surface area contributed by atoms with Crippen molar-refractivity contribution in [3.63, 3.8) is 0 Å². The molecule has 7 nitrogen and oxygen atoms in total. The molecule has 11 heteroatoms. The number of hydrogen-bond donors (Lipinski definition) is 0. The van der Waals surface area contributed by atoms with Crippen molar-refractivity contribution in [2.45, 2.75) is 25.9 Å². The van der Waals surface area contributed by atoms with Crippen LogP contribution in [-0.4, -0.2) is 52.1 Å². The molecule has 0 radical (unpaired) electrons. The first-order chi connectivity index (χ1) is 17.7. The van der Waals surface area contributed by atoms with Crippen LogP contribution in [0.4, 0.5) is 23.4 Å². The summed E-state index contributed by atoms with van der Waals surface area (Å²) >= 11 is 0. The topological polar surface area (TPSA) is 75.4 Å². The summed E-state index contributed by atoms with van der Waals surface area (Å²) in [5.41, 5.74) is 0.274. The van der Waals surface area contributed by atoms with Crippen LogP contribution < -0.4 is 4.90 Å². The molecule has 2 aromatic heterocycles. The number of carbonyl (C=O) groups excluding carboxylic acids is 1. The third-order valence-electron chi connectivity index (χ3n) is 6.26. The summed E-state index contributed by atoms with van der Waals surface area (Å²) in [4.78, 5) is 25.7. The van der Waals surface area contributed by atoms with Gasteiger partial charge in [0.2, 0.25) is 0 Å². The van der Waals surface area contributed by atoms with Gasteiger partial charge in [0.25, 0.3) is 11.6 Å². The molecule has 1 aliphatic heterocycles. The molecule has 2 aromatic carbocycles. The van der Waals surface area contributed by atoms with Crippen LogP contribution in [0.3, 0.4) is 0 Å². The number of aromatic nitrogens is 3. The van der Waals surface area contributed by atoms with Gasteiger partial charge in [0, 0.05) is 43.7 Å². The van der Waals surface area contributed by atoms with Crippen LogP contribution in [-0.2, 0) is 12.6 Å². The maximum absolute atomic E-state index is 13.3. The molecule has 1 fully saturated rings. The average Bonchev–Trinajstić information content (AvgIpc) is 3.32. The Labute approximate surface area is 209 Å². The van der Waals surface area contributed by atoms with Gasteiger partial charge in [-0.15, -0.1) is 0 Å². The number of rotatable bonds is 5. The maximum atomic E-state index is 13.3. The molecule has 37 heavy (non-hydrogen) atoms. The van der Waals surface area contributed by atoms with Gasteiger partial charge >= 0.3 is 6.18 Å². The fourth-order valence-corrected chi connectivity index (χ4v) is 4.38. The van der Waals surface area contributed by atoms with Crippen molar-refractivity contribution < 1.29 is 26.9 Å². The van der Waals surface area contributed by atoms with Gasteiger partial charge in [-0.25, -0.2) is 9.37 Å². The third kappa shape index (κ3) is 4.98. The van der Waals surface area contributed by atoms with Crippen LogP contribution in [0.2, 0.25) is 0 Å². The molecule has 4 aromatic rings. The second kappa shape index (κ2) is 9.79. The Morgan fingerprint density at radius 1 is 1.03 bits per heavy atom. The summed E-state index contributed by atoms with van der Waals surface area (Å²) < 4.78 is 58.8. The minimum absolute atomic E-state index is 0.200. The largest absolute Gasteiger partial charge is 0.416 e. The van der Waals surface area contributed by atoms with Gasteiger partial charge in [0.05, 0.1) is 5.56 Å². The van der Waals surface area contributed by atoms with Crippen LogP contribution in [0.25, 0.3) is 22.4 Å². The van der Waals surface area contributed by atoms with E-state index in [0.29, 0.717) is 55.2 Å². The quantitative estimate of drug-likeness (QED) is 0.335. The Morgan fingerprint density at radius 3 is 2.43 bits per heavy atom. The molecular weight excluding hydrogens is 490 g/mol. The highest BCUT2D eigenvalue weighted by Crippen LogP contribution is 2.37. The van der Waals surface area contributed by atoms with E-state index in [9.17, 15) is 22.4 Å². The number of aryl methyl sites for hydroxylation is 1. The number of alkyl halides is 3. The van der Waals surface area contributed by atoms with E-state index in [-0.39, 0.29) is 22.9 Å². The van der Waals surface area contributed by atoms with Gasteiger partial charge in [-0.05, 0) is 42.8 Å². The van der Waals surface area contributed by atoms with Crippen molar-refractivity contribution in [1.29, 1.82) is 0 Å². The molecule has 0 atom stereocenters. The predicted molar refractivity (Wildman–Crippen MR) is 129 cm³/mol. The molecule has 0 unspecified atom stereocenters. The number of hydrogen-bond acceptors (Lipinski definition) is 6. The second-order valence-electron chi connectivity index (χ2n) is 8.79. The number of benzene rings is 2. The smallest absolute Gasteiger partial charge is 0.352 e. The number of halogens is 4. The lowest BCUT2D eigenvalue weighted by atomic mass is 10.1. The lowest BCUT2D eigenvalue weighted by Gasteiger charge is -2.35. The van der Waals surface area contributed by atoms with Crippen LogP contribution in [0, 0.1) is 5.82 Å². The molecule has 0 spiro atoms. The zero-order valence-corrected chi connectivity index (χ0v) is 19.9. The van der Waals surface area contributed by atoms with Gasteiger partial charge in [-0.1, -0.05) is 24.2 Å². The number of anilines is 1. The monoisotopic (exact) mass is 513 g/mol. The molecule has 0 aliphatic carbocycles. The molecule has 5 rings (SSSR count). The summed E-state index contributed by atoms with van der Waals surface area (Å²) in [6, 6.07) is 10.3. The molecule has 1 amide bonds. The highest BCUT2D eigenvalue weighted by molar-refractivity contribution is 5.98. The Hall–Kier alpha value is -4.02. The molecule has 192 valence electrons. The van der Waals surface area contributed by atoms with Gasteiger partial charge in [-0.3, -0.25) is 4.79 Å². The average molecular weight is 513 g/mol. The van der Waals surface area contributed by atoms with E-state index < -0.39 is 17.6 Å². The Balaban J connectivity index is 1.48. The maximum Gasteiger partial charge on any atom is 0.416 e. The fourth-order valence-electron chi connectivity index (χ4n) is 4.38. The Bertz CT molecular complexity index is 1430. The van der Waals surface area contributed by atoms with Crippen LogP contribution in [0.1, 0.15) is 35.1 Å². The molecule has 3 heterocycles. The molecule has 0 bridgehead atoms. The lowest BCUT2D eigenvalue weighted by molar-refractivity contribution is -0.137. The first kappa shape index (κ1) is 24.7. The van der Waals surface area contributed by atoms with E-state index in [1.165, 1.54) is 36.4 Å². The summed E-state index contributed by atoms with van der Waals surface area (Å²) in [6.07, 6.45) is -3.12. The van der Waals surface area contributed by atoms with Crippen molar-refractivity contribution in [3.05, 3.63) is 71.3 Å². The van der Waals surface area contributed by atoms with Gasteiger partial charge in [0.1, 0.15) is 28.5 Å². The highest BCUT2D eigenvalue weighted by Gasteiger charge is 2.32. The third-order valence-corrected chi connectivity index (χ3v) is 6.26. The van der Waals surface area contributed by atoms with E-state index in [1.54, 1.807) is 4.90 Å². The predicted octanol–water partition coefficient (Wildman–Crippen LogP) is 5.36.